The molecule has 0 aliphatic carbocycles. The van der Waals surface area contributed by atoms with E-state index in [0.717, 1.165) is 6.07 Å². The first-order valence-corrected chi connectivity index (χ1v) is 4.96. The van der Waals surface area contributed by atoms with Crippen LogP contribution in [0.4, 0.5) is 4.39 Å². The van der Waals surface area contributed by atoms with Crippen LogP contribution < -0.4 is 5.73 Å². The van der Waals surface area contributed by atoms with Gasteiger partial charge in [-0.25, -0.2) is 4.39 Å². The predicted molar refractivity (Wildman–Crippen MR) is 66.4 cm³/mol. The normalized spacial score (nSPS) is 12.5. The molecule has 0 spiro atoms. The highest BCUT2D eigenvalue weighted by Crippen LogP contribution is 2.38. The average molecular weight is 259 g/mol. The van der Waals surface area contributed by atoms with Gasteiger partial charge in [0, 0.05) is 11.6 Å². The highest BCUT2D eigenvalue weighted by Gasteiger charge is 2.28. The zero-order valence-corrected chi connectivity index (χ0v) is 10.8. The molecule has 0 bridgehead atoms. The van der Waals surface area contributed by atoms with Crippen molar-refractivity contribution in [1.29, 1.82) is 5.26 Å². The van der Waals surface area contributed by atoms with E-state index in [0.29, 0.717) is 0 Å². The van der Waals surface area contributed by atoms with Gasteiger partial charge in [0.05, 0.1) is 11.6 Å². The van der Waals surface area contributed by atoms with Gasteiger partial charge in [-0.15, -0.1) is 12.4 Å². The fourth-order valence-electron chi connectivity index (χ4n) is 1.43. The van der Waals surface area contributed by atoms with Crippen molar-refractivity contribution in [3.8, 4) is 11.8 Å². The summed E-state index contributed by atoms with van der Waals surface area (Å²) in [5.41, 5.74) is 5.96. The molecule has 0 saturated heterocycles. The van der Waals surface area contributed by atoms with E-state index in [1.807, 2.05) is 26.8 Å². The Morgan fingerprint density at radius 2 is 1.94 bits per heavy atom. The molecule has 1 aromatic rings. The summed E-state index contributed by atoms with van der Waals surface area (Å²) in [5.74, 6) is -1.28. The van der Waals surface area contributed by atoms with Crippen molar-refractivity contribution in [2.24, 2.45) is 11.1 Å². The lowest BCUT2D eigenvalue weighted by atomic mass is 9.81. The van der Waals surface area contributed by atoms with Gasteiger partial charge in [-0.2, -0.15) is 5.26 Å². The number of hydrogen-bond acceptors (Lipinski definition) is 3. The van der Waals surface area contributed by atoms with E-state index in [9.17, 15) is 9.50 Å². The Kier molecular flexibility index (Phi) is 4.94. The maximum atomic E-state index is 13.2. The number of nitrogens with two attached hydrogens (primary N) is 1. The summed E-state index contributed by atoms with van der Waals surface area (Å²) in [7, 11) is 0. The van der Waals surface area contributed by atoms with Gasteiger partial charge >= 0.3 is 0 Å². The van der Waals surface area contributed by atoms with Crippen LogP contribution in [0.15, 0.2) is 12.1 Å². The lowest BCUT2D eigenvalue weighted by Crippen LogP contribution is -2.27. The van der Waals surface area contributed by atoms with Gasteiger partial charge in [0.1, 0.15) is 0 Å². The Hall–Kier alpha value is -1.31. The molecule has 1 rings (SSSR count). The Morgan fingerprint density at radius 1 is 1.41 bits per heavy atom. The van der Waals surface area contributed by atoms with E-state index < -0.39 is 17.6 Å². The molecule has 0 saturated carbocycles. The zero-order chi connectivity index (χ0) is 12.5. The minimum absolute atomic E-state index is 0. The van der Waals surface area contributed by atoms with Crippen molar-refractivity contribution in [3.05, 3.63) is 29.1 Å². The van der Waals surface area contributed by atoms with Crippen LogP contribution in [-0.4, -0.2) is 5.11 Å². The summed E-state index contributed by atoms with van der Waals surface area (Å²) in [5, 5.41) is 18.5. The van der Waals surface area contributed by atoms with Crippen molar-refractivity contribution in [2.75, 3.05) is 0 Å². The molecule has 1 aromatic carbocycles. The lowest BCUT2D eigenvalue weighted by Gasteiger charge is -2.28. The molecule has 5 heteroatoms. The third-order valence-corrected chi connectivity index (χ3v) is 2.53. The number of phenols is 1. The smallest absolute Gasteiger partial charge is 0.165 e. The number of halogens is 2. The van der Waals surface area contributed by atoms with Crippen molar-refractivity contribution < 1.29 is 9.50 Å². The van der Waals surface area contributed by atoms with Crippen LogP contribution >= 0.6 is 12.4 Å². The monoisotopic (exact) mass is 258 g/mol. The molecule has 0 heterocycles. The molecular weight excluding hydrogens is 243 g/mol. The molecule has 17 heavy (non-hydrogen) atoms. The molecule has 3 N–H and O–H groups in total. The minimum Gasteiger partial charge on any atom is -0.505 e. The third-order valence-electron chi connectivity index (χ3n) is 2.53. The first-order chi connectivity index (χ1) is 7.29. The van der Waals surface area contributed by atoms with Crippen LogP contribution in [0.2, 0.25) is 0 Å². The van der Waals surface area contributed by atoms with Gasteiger partial charge in [-0.05, 0) is 17.5 Å². The lowest BCUT2D eigenvalue weighted by molar-refractivity contribution is 0.313. The molecule has 0 unspecified atom stereocenters. The molecule has 0 aliphatic rings. The summed E-state index contributed by atoms with van der Waals surface area (Å²) < 4.78 is 13.2. The molecule has 3 nitrogen and oxygen atoms in total. The average Bonchev–Trinajstić information content (AvgIpc) is 2.19. The first kappa shape index (κ1) is 15.7. The number of phenolic OH excluding ortho intramolecular Hbond substituents is 1. The third kappa shape index (κ3) is 3.09. The molecule has 0 radical (unpaired) electrons. The van der Waals surface area contributed by atoms with E-state index in [1.54, 1.807) is 0 Å². The van der Waals surface area contributed by atoms with E-state index >= 15 is 0 Å². The highest BCUT2D eigenvalue weighted by atomic mass is 35.5. The van der Waals surface area contributed by atoms with Gasteiger partial charge in [0.2, 0.25) is 0 Å². The van der Waals surface area contributed by atoms with Crippen molar-refractivity contribution in [1.82, 2.24) is 0 Å². The molecular formula is C12H16ClFN2O. The fraction of sp³-hybridized carbons (Fsp3) is 0.417. The van der Waals surface area contributed by atoms with E-state index in [2.05, 4.69) is 0 Å². The van der Waals surface area contributed by atoms with Crippen LogP contribution in [-0.2, 0) is 0 Å². The summed E-state index contributed by atoms with van der Waals surface area (Å²) in [6.07, 6.45) is 0. The second-order valence-corrected chi connectivity index (χ2v) is 4.81. The van der Waals surface area contributed by atoms with Crippen molar-refractivity contribution >= 4 is 12.4 Å². The van der Waals surface area contributed by atoms with Gasteiger partial charge in [-0.3, -0.25) is 0 Å². The number of benzene rings is 1. The Morgan fingerprint density at radius 3 is 2.35 bits per heavy atom. The maximum Gasteiger partial charge on any atom is 0.165 e. The summed E-state index contributed by atoms with van der Waals surface area (Å²) in [6.45, 7) is 5.59. The first-order valence-electron chi connectivity index (χ1n) is 4.96. The van der Waals surface area contributed by atoms with Gasteiger partial charge in [0.15, 0.2) is 11.6 Å². The van der Waals surface area contributed by atoms with E-state index in [1.165, 1.54) is 6.07 Å². The SMILES string of the molecule is CC(C)(C)[C@@H](N)c1c(C#N)ccc(F)c1O.Cl. The Balaban J connectivity index is 0.00000256. The van der Waals surface area contributed by atoms with Gasteiger partial charge in [-0.1, -0.05) is 20.8 Å². The van der Waals surface area contributed by atoms with Crippen LogP contribution in [0.25, 0.3) is 0 Å². The molecule has 0 aromatic heterocycles. The van der Waals surface area contributed by atoms with Crippen LogP contribution in [0.1, 0.15) is 37.9 Å². The zero-order valence-electron chi connectivity index (χ0n) is 9.99. The Labute approximate surface area is 106 Å². The van der Waals surface area contributed by atoms with E-state index in [-0.39, 0.29) is 28.9 Å². The highest BCUT2D eigenvalue weighted by molar-refractivity contribution is 5.85. The molecule has 1 atom stereocenters. The fourth-order valence-corrected chi connectivity index (χ4v) is 1.43. The number of hydrogen-bond donors (Lipinski definition) is 2. The molecule has 0 amide bonds. The summed E-state index contributed by atoms with van der Waals surface area (Å²) >= 11 is 0. The largest absolute Gasteiger partial charge is 0.505 e. The number of nitriles is 1. The van der Waals surface area contributed by atoms with Gasteiger partial charge in [0.25, 0.3) is 0 Å². The second-order valence-electron chi connectivity index (χ2n) is 4.81. The van der Waals surface area contributed by atoms with Gasteiger partial charge < -0.3 is 10.8 Å². The summed E-state index contributed by atoms with van der Waals surface area (Å²) in [6, 6.07) is 3.70. The number of rotatable bonds is 1. The Bertz CT molecular complexity index is 449. The van der Waals surface area contributed by atoms with E-state index in [4.69, 9.17) is 11.0 Å². The van der Waals surface area contributed by atoms with Crippen LogP contribution in [0, 0.1) is 22.6 Å². The van der Waals surface area contributed by atoms with Crippen molar-refractivity contribution in [3.63, 3.8) is 0 Å². The van der Waals surface area contributed by atoms with Crippen LogP contribution in [0.3, 0.4) is 0 Å². The molecule has 0 aliphatic heterocycles. The predicted octanol–water partition coefficient (Wildman–Crippen LogP) is 2.87. The quantitative estimate of drug-likeness (QED) is 0.814. The summed E-state index contributed by atoms with van der Waals surface area (Å²) in [4.78, 5) is 0. The minimum atomic E-state index is -0.756. The second kappa shape index (κ2) is 5.35. The number of nitrogens with zero attached hydrogens (tertiary/aromatic N) is 1. The molecule has 94 valence electrons. The topological polar surface area (TPSA) is 70.0 Å². The number of aromatic hydroxyl groups is 1. The van der Waals surface area contributed by atoms with Crippen LogP contribution in [0.5, 0.6) is 5.75 Å². The van der Waals surface area contributed by atoms with Crippen molar-refractivity contribution in [2.45, 2.75) is 26.8 Å². The maximum absolute atomic E-state index is 13.2. The molecule has 0 fully saturated rings. The standard InChI is InChI=1S/C12H15FN2O.ClH/c1-12(2,3)11(15)9-7(6-14)4-5-8(13)10(9)16;/h4-5,11,16H,15H2,1-3H3;1H/t11-;/m0./s1.